The predicted molar refractivity (Wildman–Crippen MR) is 77.1 cm³/mol. The number of hydrogen-bond donors (Lipinski definition) is 2. The molecular formula is C16H21FN2O2. The molecule has 2 N–H and O–H groups in total. The van der Waals surface area contributed by atoms with Crippen LogP contribution in [0.5, 0.6) is 0 Å². The van der Waals surface area contributed by atoms with Gasteiger partial charge in [0, 0.05) is 25.0 Å². The molecule has 3 rings (SSSR count). The van der Waals surface area contributed by atoms with Crippen LogP contribution < -0.4 is 10.6 Å². The van der Waals surface area contributed by atoms with Gasteiger partial charge in [-0.25, -0.2) is 4.39 Å². The van der Waals surface area contributed by atoms with Crippen molar-refractivity contribution < 1.29 is 13.9 Å². The van der Waals surface area contributed by atoms with Gasteiger partial charge in [0.2, 0.25) is 5.91 Å². The molecule has 0 unspecified atom stereocenters. The van der Waals surface area contributed by atoms with Crippen LogP contribution in [0.15, 0.2) is 24.3 Å². The molecule has 1 amide bonds. The topological polar surface area (TPSA) is 50.4 Å². The first-order chi connectivity index (χ1) is 10.2. The number of nitrogens with one attached hydrogen (secondary N) is 2. The van der Waals surface area contributed by atoms with Gasteiger partial charge in [0.25, 0.3) is 0 Å². The van der Waals surface area contributed by atoms with Crippen molar-refractivity contribution in [1.82, 2.24) is 10.6 Å². The van der Waals surface area contributed by atoms with Gasteiger partial charge >= 0.3 is 0 Å². The van der Waals surface area contributed by atoms with Crippen LogP contribution in [0.25, 0.3) is 0 Å². The lowest BCUT2D eigenvalue weighted by molar-refractivity contribution is -0.128. The molecule has 1 saturated heterocycles. The Morgan fingerprint density at radius 1 is 1.33 bits per heavy atom. The van der Waals surface area contributed by atoms with Crippen molar-refractivity contribution in [3.05, 3.63) is 35.6 Å². The third-order valence-electron chi connectivity index (χ3n) is 4.38. The molecule has 0 radical (unpaired) electrons. The van der Waals surface area contributed by atoms with Crippen LogP contribution in [0.3, 0.4) is 0 Å². The molecule has 0 bridgehead atoms. The maximum Gasteiger partial charge on any atom is 0.223 e. The van der Waals surface area contributed by atoms with E-state index in [1.54, 1.807) is 12.1 Å². The Morgan fingerprint density at radius 2 is 2.14 bits per heavy atom. The second-order valence-electron chi connectivity index (χ2n) is 5.82. The SMILES string of the molecule is O=C(NCc1ccc(F)cc1)[C@H]1CC[C@H]2OCCN[C@@H]2C1. The molecule has 1 aliphatic carbocycles. The second kappa shape index (κ2) is 6.54. The summed E-state index contributed by atoms with van der Waals surface area (Å²) in [5.41, 5.74) is 0.914. The van der Waals surface area contributed by atoms with E-state index in [9.17, 15) is 9.18 Å². The lowest BCUT2D eigenvalue weighted by Gasteiger charge is -2.39. The zero-order valence-corrected chi connectivity index (χ0v) is 12.0. The highest BCUT2D eigenvalue weighted by atomic mass is 19.1. The first kappa shape index (κ1) is 14.5. The molecule has 4 nitrogen and oxygen atoms in total. The minimum Gasteiger partial charge on any atom is -0.375 e. The average molecular weight is 292 g/mol. The number of amides is 1. The number of fused-ring (bicyclic) bond motifs is 1. The predicted octanol–water partition coefficient (Wildman–Crippen LogP) is 1.60. The average Bonchev–Trinajstić information content (AvgIpc) is 2.53. The zero-order valence-electron chi connectivity index (χ0n) is 12.0. The third-order valence-corrected chi connectivity index (χ3v) is 4.38. The Kier molecular flexibility index (Phi) is 4.51. The first-order valence-corrected chi connectivity index (χ1v) is 7.59. The summed E-state index contributed by atoms with van der Waals surface area (Å²) in [4.78, 5) is 12.3. The quantitative estimate of drug-likeness (QED) is 0.889. The molecule has 1 saturated carbocycles. The number of carbonyl (C=O) groups is 1. The van der Waals surface area contributed by atoms with Gasteiger partial charge in [0.1, 0.15) is 5.82 Å². The van der Waals surface area contributed by atoms with E-state index in [1.807, 2.05) is 0 Å². The minimum atomic E-state index is -0.258. The molecule has 1 aromatic rings. The Hall–Kier alpha value is -1.46. The standard InChI is InChI=1S/C16H21FN2O2/c17-13-4-1-11(2-5-13)10-19-16(20)12-3-6-15-14(9-12)18-7-8-21-15/h1-2,4-5,12,14-15,18H,3,6-10H2,(H,19,20)/t12-,14+,15+/m0/s1. The van der Waals surface area contributed by atoms with Crippen molar-refractivity contribution in [3.63, 3.8) is 0 Å². The number of carbonyl (C=O) groups excluding carboxylic acids is 1. The van der Waals surface area contributed by atoms with Crippen molar-refractivity contribution >= 4 is 5.91 Å². The van der Waals surface area contributed by atoms with E-state index in [2.05, 4.69) is 10.6 Å². The van der Waals surface area contributed by atoms with Gasteiger partial charge in [0.05, 0.1) is 12.7 Å². The molecule has 2 fully saturated rings. The summed E-state index contributed by atoms with van der Waals surface area (Å²) in [6.45, 7) is 2.08. The first-order valence-electron chi connectivity index (χ1n) is 7.59. The maximum absolute atomic E-state index is 12.8. The smallest absolute Gasteiger partial charge is 0.223 e. The van der Waals surface area contributed by atoms with E-state index in [0.29, 0.717) is 12.6 Å². The fraction of sp³-hybridized carbons (Fsp3) is 0.562. The van der Waals surface area contributed by atoms with Crippen LogP contribution in [0, 0.1) is 11.7 Å². The molecule has 5 heteroatoms. The number of halogens is 1. The van der Waals surface area contributed by atoms with E-state index >= 15 is 0 Å². The van der Waals surface area contributed by atoms with Crippen LogP contribution in [0.1, 0.15) is 24.8 Å². The fourth-order valence-electron chi connectivity index (χ4n) is 3.19. The van der Waals surface area contributed by atoms with E-state index in [4.69, 9.17) is 4.74 Å². The van der Waals surface area contributed by atoms with Crippen LogP contribution in [-0.2, 0) is 16.1 Å². The molecule has 0 spiro atoms. The molecule has 3 atom stereocenters. The molecule has 114 valence electrons. The molecule has 21 heavy (non-hydrogen) atoms. The van der Waals surface area contributed by atoms with Crippen molar-refractivity contribution in [1.29, 1.82) is 0 Å². The number of ether oxygens (including phenoxy) is 1. The van der Waals surface area contributed by atoms with Crippen molar-refractivity contribution in [2.24, 2.45) is 5.92 Å². The van der Waals surface area contributed by atoms with Crippen LogP contribution >= 0.6 is 0 Å². The van der Waals surface area contributed by atoms with E-state index in [0.717, 1.165) is 38.0 Å². The largest absolute Gasteiger partial charge is 0.375 e. The third kappa shape index (κ3) is 3.60. The highest BCUT2D eigenvalue weighted by molar-refractivity contribution is 5.78. The lowest BCUT2D eigenvalue weighted by atomic mass is 9.82. The normalized spacial score (nSPS) is 28.7. The summed E-state index contributed by atoms with van der Waals surface area (Å²) in [5.74, 6) is -0.127. The highest BCUT2D eigenvalue weighted by Gasteiger charge is 2.35. The van der Waals surface area contributed by atoms with Gasteiger partial charge in [0.15, 0.2) is 0 Å². The Balaban J connectivity index is 1.50. The van der Waals surface area contributed by atoms with Gasteiger partial charge < -0.3 is 15.4 Å². The number of hydrogen-bond acceptors (Lipinski definition) is 3. The van der Waals surface area contributed by atoms with Gasteiger partial charge in [-0.05, 0) is 37.0 Å². The summed E-state index contributed by atoms with van der Waals surface area (Å²) in [6.07, 6.45) is 2.91. The molecule has 1 heterocycles. The summed E-state index contributed by atoms with van der Waals surface area (Å²) < 4.78 is 18.5. The van der Waals surface area contributed by atoms with Crippen LogP contribution in [-0.4, -0.2) is 31.2 Å². The van der Waals surface area contributed by atoms with Crippen LogP contribution in [0.4, 0.5) is 4.39 Å². The van der Waals surface area contributed by atoms with Crippen LogP contribution in [0.2, 0.25) is 0 Å². The van der Waals surface area contributed by atoms with Gasteiger partial charge in [-0.15, -0.1) is 0 Å². The highest BCUT2D eigenvalue weighted by Crippen LogP contribution is 2.28. The number of benzene rings is 1. The molecule has 1 aromatic carbocycles. The van der Waals surface area contributed by atoms with Crippen molar-refractivity contribution in [3.8, 4) is 0 Å². The number of morpholine rings is 1. The fourth-order valence-corrected chi connectivity index (χ4v) is 3.19. The van der Waals surface area contributed by atoms with E-state index in [1.165, 1.54) is 12.1 Å². The summed E-state index contributed by atoms with van der Waals surface area (Å²) in [6, 6.07) is 6.52. The lowest BCUT2D eigenvalue weighted by Crippen LogP contribution is -2.53. The molecule has 0 aromatic heterocycles. The minimum absolute atomic E-state index is 0.0425. The monoisotopic (exact) mass is 292 g/mol. The Morgan fingerprint density at radius 3 is 2.95 bits per heavy atom. The summed E-state index contributed by atoms with van der Waals surface area (Å²) in [5, 5.41) is 6.39. The van der Waals surface area contributed by atoms with Gasteiger partial charge in [-0.2, -0.15) is 0 Å². The Labute approximate surface area is 124 Å². The summed E-state index contributed by atoms with van der Waals surface area (Å²) >= 11 is 0. The van der Waals surface area contributed by atoms with Gasteiger partial charge in [-0.3, -0.25) is 4.79 Å². The molecule has 2 aliphatic rings. The maximum atomic E-state index is 12.8. The summed E-state index contributed by atoms with van der Waals surface area (Å²) in [7, 11) is 0. The zero-order chi connectivity index (χ0) is 14.7. The van der Waals surface area contributed by atoms with Crippen molar-refractivity contribution in [2.45, 2.75) is 38.0 Å². The molecule has 1 aliphatic heterocycles. The van der Waals surface area contributed by atoms with E-state index < -0.39 is 0 Å². The van der Waals surface area contributed by atoms with E-state index in [-0.39, 0.29) is 23.7 Å². The Bertz CT molecular complexity index is 492. The number of rotatable bonds is 3. The second-order valence-corrected chi connectivity index (χ2v) is 5.82. The van der Waals surface area contributed by atoms with Crippen molar-refractivity contribution in [2.75, 3.05) is 13.2 Å². The van der Waals surface area contributed by atoms with Gasteiger partial charge in [-0.1, -0.05) is 12.1 Å². The molecular weight excluding hydrogens is 271 g/mol.